The van der Waals surface area contributed by atoms with Crippen LogP contribution in [0, 0.1) is 46.3 Å². The molecule has 1 heterocycles. The first-order valence-corrected chi connectivity index (χ1v) is 13.5. The smallest absolute Gasteiger partial charge is 0.151 e. The lowest BCUT2D eigenvalue weighted by atomic mass is 9.18. The summed E-state index contributed by atoms with van der Waals surface area (Å²) in [5, 5.41) is 0. The summed E-state index contributed by atoms with van der Waals surface area (Å²) < 4.78 is 0. The normalized spacial score (nSPS) is 52.4. The molecule has 1 aliphatic heterocycles. The van der Waals surface area contributed by atoms with Crippen molar-refractivity contribution >= 4 is 18.5 Å². The lowest BCUT2D eigenvalue weighted by molar-refractivity contribution is -0.108. The molecule has 0 amide bonds. The Labute approximate surface area is 173 Å². The molecule has 0 N–H and O–H groups in total. The lowest BCUT2D eigenvalue weighted by Crippen LogP contribution is -2.60. The Balaban J connectivity index is 1.43. The summed E-state index contributed by atoms with van der Waals surface area (Å²) in [5.41, 5.74) is 1.29. The number of fused-ring (bicyclic) bond motifs is 4. The molecule has 27 heavy (non-hydrogen) atoms. The van der Waals surface area contributed by atoms with Gasteiger partial charge >= 0.3 is 0 Å². The van der Waals surface area contributed by atoms with E-state index in [1.807, 2.05) is 0 Å². The topological polar surface area (TPSA) is 0 Å². The first-order chi connectivity index (χ1) is 12.7. The second-order valence-electron chi connectivity index (χ2n) is 12.8. The van der Waals surface area contributed by atoms with Gasteiger partial charge in [-0.15, -0.1) is 0 Å². The van der Waals surface area contributed by atoms with Crippen molar-refractivity contribution in [2.45, 2.75) is 97.5 Å². The molecular weight excluding hydrogens is 343 g/mol. The molecule has 7 aliphatic rings. The molecule has 0 radical (unpaired) electrons. The molecule has 0 spiro atoms. The van der Waals surface area contributed by atoms with Crippen LogP contribution in [0.5, 0.6) is 0 Å². The van der Waals surface area contributed by atoms with Gasteiger partial charge in [-0.2, -0.15) is 11.8 Å². The third-order valence-corrected chi connectivity index (χ3v) is 12.8. The second kappa shape index (κ2) is 6.45. The fourth-order valence-electron chi connectivity index (χ4n) is 9.48. The van der Waals surface area contributed by atoms with Crippen molar-refractivity contribution in [2.75, 3.05) is 11.5 Å². The highest BCUT2D eigenvalue weighted by molar-refractivity contribution is 7.99. The maximum Gasteiger partial charge on any atom is 0.151 e. The van der Waals surface area contributed by atoms with E-state index in [2.05, 4.69) is 53.3 Å². The zero-order chi connectivity index (χ0) is 19.1. The Bertz CT molecular complexity index is 535. The van der Waals surface area contributed by atoms with Gasteiger partial charge in [-0.3, -0.25) is 0 Å². The molecule has 0 aromatic heterocycles. The molecule has 4 bridgehead atoms. The van der Waals surface area contributed by atoms with Gasteiger partial charge < -0.3 is 0 Å². The zero-order valence-electron chi connectivity index (χ0n) is 18.8. The Kier molecular flexibility index (Phi) is 4.63. The summed E-state index contributed by atoms with van der Waals surface area (Å²) in [6.07, 6.45) is 9.27. The van der Waals surface area contributed by atoms with Crippen LogP contribution in [0.1, 0.15) is 80.1 Å². The summed E-state index contributed by atoms with van der Waals surface area (Å²) in [4.78, 5) is 0. The minimum Gasteiger partial charge on any atom is -0.162 e. The first kappa shape index (κ1) is 19.4. The molecular formula is C25H43BS. The first-order valence-electron chi connectivity index (χ1n) is 12.3. The van der Waals surface area contributed by atoms with E-state index in [9.17, 15) is 0 Å². The largest absolute Gasteiger partial charge is 0.162 e. The Morgan fingerprint density at radius 2 is 1.30 bits per heavy atom. The van der Waals surface area contributed by atoms with Crippen LogP contribution in [0.2, 0.25) is 17.5 Å². The highest BCUT2D eigenvalue weighted by Crippen LogP contribution is 2.70. The van der Waals surface area contributed by atoms with Gasteiger partial charge in [0.1, 0.15) is 0 Å². The van der Waals surface area contributed by atoms with Gasteiger partial charge in [-0.1, -0.05) is 78.3 Å². The predicted molar refractivity (Wildman–Crippen MR) is 122 cm³/mol. The Morgan fingerprint density at radius 3 is 1.67 bits per heavy atom. The number of thioether (sulfide) groups is 1. The van der Waals surface area contributed by atoms with Crippen LogP contribution >= 0.6 is 11.8 Å². The van der Waals surface area contributed by atoms with Gasteiger partial charge in [0.15, 0.2) is 6.71 Å². The monoisotopic (exact) mass is 386 g/mol. The minimum absolute atomic E-state index is 0.643. The molecule has 0 aromatic carbocycles. The van der Waals surface area contributed by atoms with Gasteiger partial charge in [0, 0.05) is 0 Å². The predicted octanol–water partition coefficient (Wildman–Crippen LogP) is 7.52. The van der Waals surface area contributed by atoms with Crippen molar-refractivity contribution < 1.29 is 0 Å². The molecule has 0 nitrogen and oxygen atoms in total. The molecule has 2 heteroatoms. The van der Waals surface area contributed by atoms with Crippen LogP contribution in [0.15, 0.2) is 0 Å². The molecule has 1 saturated heterocycles. The van der Waals surface area contributed by atoms with Gasteiger partial charge in [0.05, 0.1) is 0 Å². The van der Waals surface area contributed by atoms with E-state index in [4.69, 9.17) is 0 Å². The molecule has 1 unspecified atom stereocenters. The second-order valence-corrected chi connectivity index (χ2v) is 13.9. The average Bonchev–Trinajstić information content (AvgIpc) is 2.64. The number of rotatable bonds is 3. The van der Waals surface area contributed by atoms with Gasteiger partial charge in [0.25, 0.3) is 0 Å². The van der Waals surface area contributed by atoms with E-state index in [0.29, 0.717) is 10.8 Å². The number of hydrogen-bond donors (Lipinski definition) is 0. The molecule has 0 aromatic rings. The summed E-state index contributed by atoms with van der Waals surface area (Å²) >= 11 is 2.29. The standard InChI is InChI=1S/C25H43BS/c1-15-20-10-17(24(20,3)4)12-22(15)26(19-8-7-9-27-14-19)23-13-18-11-21(16(23)2)25(18,5)6/h15-23H,7-14H2,1-6H3/t15-,16-,17+,18+,19?,20-,21-,22-,23-/m1/s1. The van der Waals surface area contributed by atoms with Crippen LogP contribution in [-0.2, 0) is 0 Å². The summed E-state index contributed by atoms with van der Waals surface area (Å²) in [7, 11) is 0. The minimum atomic E-state index is 0.643. The van der Waals surface area contributed by atoms with E-state index in [1.165, 1.54) is 17.9 Å². The van der Waals surface area contributed by atoms with Crippen molar-refractivity contribution in [1.29, 1.82) is 0 Å². The molecule has 6 saturated carbocycles. The van der Waals surface area contributed by atoms with Crippen LogP contribution in [0.3, 0.4) is 0 Å². The lowest BCUT2D eigenvalue weighted by Gasteiger charge is -2.67. The Morgan fingerprint density at radius 1 is 0.778 bits per heavy atom. The molecule has 152 valence electrons. The summed E-state index contributed by atoms with van der Waals surface area (Å²) in [5.74, 6) is 12.1. The van der Waals surface area contributed by atoms with E-state index in [-0.39, 0.29) is 0 Å². The summed E-state index contributed by atoms with van der Waals surface area (Å²) in [6, 6.07) is 0. The molecule has 6 aliphatic carbocycles. The maximum absolute atomic E-state index is 2.67. The van der Waals surface area contributed by atoms with Crippen molar-refractivity contribution in [3.8, 4) is 0 Å². The van der Waals surface area contributed by atoms with Crippen LogP contribution in [-0.4, -0.2) is 18.2 Å². The fourth-order valence-corrected chi connectivity index (χ4v) is 10.7. The van der Waals surface area contributed by atoms with Crippen molar-refractivity contribution in [1.82, 2.24) is 0 Å². The number of hydrogen-bond acceptors (Lipinski definition) is 1. The highest BCUT2D eigenvalue weighted by Gasteiger charge is 2.63. The highest BCUT2D eigenvalue weighted by atomic mass is 32.2. The molecule has 9 atom stereocenters. The van der Waals surface area contributed by atoms with Gasteiger partial charge in [-0.05, 0) is 77.1 Å². The van der Waals surface area contributed by atoms with E-state index >= 15 is 0 Å². The zero-order valence-corrected chi connectivity index (χ0v) is 19.7. The van der Waals surface area contributed by atoms with Crippen molar-refractivity contribution in [2.24, 2.45) is 46.3 Å². The average molecular weight is 386 g/mol. The fraction of sp³-hybridized carbons (Fsp3) is 1.00. The van der Waals surface area contributed by atoms with Crippen molar-refractivity contribution in [3.05, 3.63) is 0 Å². The third kappa shape index (κ3) is 2.70. The van der Waals surface area contributed by atoms with Gasteiger partial charge in [-0.25, -0.2) is 0 Å². The quantitative estimate of drug-likeness (QED) is 0.452. The van der Waals surface area contributed by atoms with E-state index < -0.39 is 0 Å². The third-order valence-electron chi connectivity index (χ3n) is 11.6. The van der Waals surface area contributed by atoms with Crippen LogP contribution in [0.4, 0.5) is 0 Å². The van der Waals surface area contributed by atoms with E-state index in [1.54, 1.807) is 32.1 Å². The SMILES string of the molecule is C[C@@H]1[C@H]2C[C@@H](C[C@H]1B(C1CCCSC1)[C@@H]1C[C@@H]3C[C@H]([C@H]1C)C3(C)C)C2(C)C. The maximum atomic E-state index is 2.67. The molecule has 7 fully saturated rings. The van der Waals surface area contributed by atoms with Crippen LogP contribution in [0.25, 0.3) is 0 Å². The van der Waals surface area contributed by atoms with E-state index in [0.717, 1.165) is 59.7 Å². The Hall–Kier alpha value is 0.415. The molecule has 7 rings (SSSR count). The van der Waals surface area contributed by atoms with Gasteiger partial charge in [0.2, 0.25) is 0 Å². The van der Waals surface area contributed by atoms with Crippen LogP contribution < -0.4 is 0 Å². The van der Waals surface area contributed by atoms with Crippen molar-refractivity contribution in [3.63, 3.8) is 0 Å². The summed E-state index contributed by atoms with van der Waals surface area (Å²) in [6.45, 7) is 16.7.